The minimum atomic E-state index is -0.397. The van der Waals surface area contributed by atoms with E-state index in [1.807, 2.05) is 25.1 Å². The maximum Gasteiger partial charge on any atom is 0.324 e. The Labute approximate surface area is 169 Å². The highest BCUT2D eigenvalue weighted by molar-refractivity contribution is 7.20. The van der Waals surface area contributed by atoms with Gasteiger partial charge in [-0.15, -0.1) is 0 Å². The summed E-state index contributed by atoms with van der Waals surface area (Å²) in [7, 11) is 1.63. The van der Waals surface area contributed by atoms with E-state index in [1.54, 1.807) is 42.1 Å². The topological polar surface area (TPSA) is 81.1 Å². The van der Waals surface area contributed by atoms with Crippen molar-refractivity contribution in [3.05, 3.63) is 59.2 Å². The molecule has 0 atom stereocenters. The molecular formula is C19H16ClN5O2S. The molecule has 0 aliphatic rings. The van der Waals surface area contributed by atoms with E-state index >= 15 is 0 Å². The molecule has 28 heavy (non-hydrogen) atoms. The third-order valence-electron chi connectivity index (χ3n) is 3.92. The van der Waals surface area contributed by atoms with Crippen LogP contribution in [0, 0.1) is 6.92 Å². The molecule has 7 nitrogen and oxygen atoms in total. The SMILES string of the molecule is COc1ccc2nc(-n3nc(C)cc3NC(=O)Nc3cccc(Cl)c3)sc2c1. The fourth-order valence-electron chi connectivity index (χ4n) is 2.69. The number of methoxy groups -OCH3 is 1. The van der Waals surface area contributed by atoms with Gasteiger partial charge >= 0.3 is 6.03 Å². The maximum atomic E-state index is 12.4. The first-order valence-corrected chi connectivity index (χ1v) is 9.56. The van der Waals surface area contributed by atoms with Gasteiger partial charge in [0.25, 0.3) is 0 Å². The Morgan fingerprint density at radius 1 is 1.18 bits per heavy atom. The van der Waals surface area contributed by atoms with Crippen molar-refractivity contribution >= 4 is 50.7 Å². The number of hydrogen-bond acceptors (Lipinski definition) is 5. The number of halogens is 1. The number of amides is 2. The van der Waals surface area contributed by atoms with Gasteiger partial charge in [-0.2, -0.15) is 9.78 Å². The molecule has 0 spiro atoms. The second kappa shape index (κ2) is 7.49. The predicted octanol–water partition coefficient (Wildman–Crippen LogP) is 5.10. The zero-order valence-corrected chi connectivity index (χ0v) is 16.6. The highest BCUT2D eigenvalue weighted by Crippen LogP contribution is 2.30. The molecule has 0 radical (unpaired) electrons. The van der Waals surface area contributed by atoms with Crippen molar-refractivity contribution in [1.82, 2.24) is 14.8 Å². The number of carbonyl (C=O) groups is 1. The van der Waals surface area contributed by atoms with Crippen LogP contribution < -0.4 is 15.4 Å². The average Bonchev–Trinajstić information content (AvgIpc) is 3.23. The lowest BCUT2D eigenvalue weighted by molar-refractivity contribution is 0.262. The molecule has 2 aromatic carbocycles. The van der Waals surface area contributed by atoms with Gasteiger partial charge in [0.05, 0.1) is 23.0 Å². The number of urea groups is 1. The highest BCUT2D eigenvalue weighted by Gasteiger charge is 2.15. The van der Waals surface area contributed by atoms with Gasteiger partial charge in [0.2, 0.25) is 5.13 Å². The van der Waals surface area contributed by atoms with Gasteiger partial charge in [-0.25, -0.2) is 9.78 Å². The van der Waals surface area contributed by atoms with Crippen molar-refractivity contribution in [3.63, 3.8) is 0 Å². The molecule has 9 heteroatoms. The number of benzene rings is 2. The van der Waals surface area contributed by atoms with Crippen molar-refractivity contribution in [3.8, 4) is 10.9 Å². The number of thiazole rings is 1. The second-order valence-electron chi connectivity index (χ2n) is 6.00. The largest absolute Gasteiger partial charge is 0.497 e. The smallest absolute Gasteiger partial charge is 0.324 e. The van der Waals surface area contributed by atoms with Crippen molar-refractivity contribution in [2.45, 2.75) is 6.92 Å². The Morgan fingerprint density at radius 2 is 2.04 bits per heavy atom. The average molecular weight is 414 g/mol. The minimum absolute atomic E-state index is 0.397. The first-order valence-electron chi connectivity index (χ1n) is 8.37. The number of ether oxygens (including phenoxy) is 1. The molecule has 4 aromatic rings. The molecule has 0 bridgehead atoms. The lowest BCUT2D eigenvalue weighted by Crippen LogP contribution is -2.21. The van der Waals surface area contributed by atoms with E-state index in [9.17, 15) is 4.79 Å². The van der Waals surface area contributed by atoms with Gasteiger partial charge in [0.15, 0.2) is 0 Å². The number of anilines is 2. The highest BCUT2D eigenvalue weighted by atomic mass is 35.5. The number of carbonyl (C=O) groups excluding carboxylic acids is 1. The van der Waals surface area contributed by atoms with Crippen LogP contribution in [0.2, 0.25) is 5.02 Å². The van der Waals surface area contributed by atoms with Crippen LogP contribution >= 0.6 is 22.9 Å². The summed E-state index contributed by atoms with van der Waals surface area (Å²) in [6, 6.07) is 14.0. The molecule has 4 rings (SSSR count). The summed E-state index contributed by atoms with van der Waals surface area (Å²) in [6.45, 7) is 1.85. The normalized spacial score (nSPS) is 10.8. The number of nitrogens with one attached hydrogen (secondary N) is 2. The van der Waals surface area contributed by atoms with E-state index in [2.05, 4.69) is 20.7 Å². The Balaban J connectivity index is 1.61. The molecule has 2 amide bonds. The van der Waals surface area contributed by atoms with Crippen molar-refractivity contribution in [1.29, 1.82) is 0 Å². The summed E-state index contributed by atoms with van der Waals surface area (Å²) in [4.78, 5) is 17.0. The second-order valence-corrected chi connectivity index (χ2v) is 7.45. The van der Waals surface area contributed by atoms with Gasteiger partial charge in [-0.1, -0.05) is 29.0 Å². The zero-order valence-electron chi connectivity index (χ0n) is 15.1. The number of rotatable bonds is 4. The van der Waals surface area contributed by atoms with E-state index in [0.29, 0.717) is 21.7 Å². The molecular weight excluding hydrogens is 398 g/mol. The van der Waals surface area contributed by atoms with Crippen LogP contribution in [0.25, 0.3) is 15.3 Å². The van der Waals surface area contributed by atoms with E-state index in [4.69, 9.17) is 16.3 Å². The lowest BCUT2D eigenvalue weighted by Gasteiger charge is -2.08. The van der Waals surface area contributed by atoms with Crippen LogP contribution in [0.4, 0.5) is 16.3 Å². The van der Waals surface area contributed by atoms with Gasteiger partial charge in [-0.05, 0) is 43.3 Å². The van der Waals surface area contributed by atoms with Crippen molar-refractivity contribution < 1.29 is 9.53 Å². The summed E-state index contributed by atoms with van der Waals surface area (Å²) in [6.07, 6.45) is 0. The summed E-state index contributed by atoms with van der Waals surface area (Å²) in [5, 5.41) is 11.2. The Kier molecular flexibility index (Phi) is 4.89. The van der Waals surface area contributed by atoms with Crippen LogP contribution in [-0.2, 0) is 0 Å². The lowest BCUT2D eigenvalue weighted by atomic mass is 10.3. The first-order chi connectivity index (χ1) is 13.5. The Morgan fingerprint density at radius 3 is 2.82 bits per heavy atom. The molecule has 0 aliphatic carbocycles. The molecule has 0 aliphatic heterocycles. The van der Waals surface area contributed by atoms with Gasteiger partial charge in [-0.3, -0.25) is 5.32 Å². The number of nitrogens with zero attached hydrogens (tertiary/aromatic N) is 3. The van der Waals surface area contributed by atoms with Crippen LogP contribution in [0.5, 0.6) is 5.75 Å². The first kappa shape index (κ1) is 18.3. The summed E-state index contributed by atoms with van der Waals surface area (Å²) >= 11 is 7.42. The van der Waals surface area contributed by atoms with Gasteiger partial charge in [0, 0.05) is 16.8 Å². The fourth-order valence-corrected chi connectivity index (χ4v) is 3.84. The predicted molar refractivity (Wildman–Crippen MR) is 112 cm³/mol. The fraction of sp³-hybridized carbons (Fsp3) is 0.105. The summed E-state index contributed by atoms with van der Waals surface area (Å²) < 4.78 is 7.85. The number of aryl methyl sites for hydroxylation is 1. The quantitative estimate of drug-likeness (QED) is 0.488. The Hall–Kier alpha value is -3.10. The van der Waals surface area contributed by atoms with E-state index in [0.717, 1.165) is 21.7 Å². The van der Waals surface area contributed by atoms with Crippen LogP contribution in [-0.4, -0.2) is 27.9 Å². The van der Waals surface area contributed by atoms with Crippen molar-refractivity contribution in [2.24, 2.45) is 0 Å². The van der Waals surface area contributed by atoms with Gasteiger partial charge in [0.1, 0.15) is 11.6 Å². The molecule has 2 heterocycles. The molecule has 0 fully saturated rings. The third-order valence-corrected chi connectivity index (χ3v) is 5.15. The maximum absolute atomic E-state index is 12.4. The van der Waals surface area contributed by atoms with Crippen LogP contribution in [0.3, 0.4) is 0 Å². The van der Waals surface area contributed by atoms with Crippen LogP contribution in [0.1, 0.15) is 5.69 Å². The van der Waals surface area contributed by atoms with Crippen LogP contribution in [0.15, 0.2) is 48.5 Å². The van der Waals surface area contributed by atoms with Gasteiger partial charge < -0.3 is 10.1 Å². The molecule has 2 N–H and O–H groups in total. The van der Waals surface area contributed by atoms with E-state index in [-0.39, 0.29) is 0 Å². The third kappa shape index (κ3) is 3.78. The molecule has 0 saturated heterocycles. The van der Waals surface area contributed by atoms with E-state index in [1.165, 1.54) is 11.3 Å². The monoisotopic (exact) mass is 413 g/mol. The number of hydrogen-bond donors (Lipinski definition) is 2. The van der Waals surface area contributed by atoms with E-state index < -0.39 is 6.03 Å². The number of aromatic nitrogens is 3. The number of fused-ring (bicyclic) bond motifs is 1. The zero-order chi connectivity index (χ0) is 19.7. The summed E-state index contributed by atoms with van der Waals surface area (Å²) in [5.41, 5.74) is 2.19. The molecule has 0 saturated carbocycles. The molecule has 0 unspecified atom stereocenters. The molecule has 2 aromatic heterocycles. The minimum Gasteiger partial charge on any atom is -0.497 e. The molecule has 142 valence electrons. The summed E-state index contributed by atoms with van der Waals surface area (Å²) in [5.74, 6) is 1.28. The Bertz CT molecular complexity index is 1170. The van der Waals surface area contributed by atoms with Crippen molar-refractivity contribution in [2.75, 3.05) is 17.7 Å². The standard InChI is InChI=1S/C19H16ClN5O2S/c1-11-8-17(23-18(26)21-13-5-3-4-12(20)9-13)25(24-11)19-22-15-7-6-14(27-2)10-16(15)28-19/h3-10H,1-2H3,(H2,21,23,26).